The van der Waals surface area contributed by atoms with Gasteiger partial charge in [0.25, 0.3) is 0 Å². The number of piperidine rings is 3. The zero-order chi connectivity index (χ0) is 8.32. The Bertz CT molecular complexity index is 98.3. The van der Waals surface area contributed by atoms with Gasteiger partial charge >= 0.3 is 0 Å². The van der Waals surface area contributed by atoms with Crippen molar-refractivity contribution in [3.63, 3.8) is 0 Å². The lowest BCUT2D eigenvalue weighted by atomic mass is 9.86. The van der Waals surface area contributed by atoms with Gasteiger partial charge in [0.05, 0.1) is 26.7 Å². The molecule has 1 heteroatoms. The van der Waals surface area contributed by atoms with E-state index in [0.29, 0.717) is 0 Å². The lowest BCUT2D eigenvalue weighted by Crippen LogP contribution is -2.55. The van der Waals surface area contributed by atoms with Crippen LogP contribution in [0.4, 0.5) is 0 Å². The van der Waals surface area contributed by atoms with E-state index >= 15 is 0 Å². The normalized spacial score (nSPS) is 41.2. The number of hydrogen-bond donors (Lipinski definition) is 0. The van der Waals surface area contributed by atoms with Crippen molar-refractivity contribution < 1.29 is 4.48 Å². The average molecular weight is 156 g/mol. The first-order valence-corrected chi connectivity index (χ1v) is 5.12. The van der Waals surface area contributed by atoms with Gasteiger partial charge in [0.1, 0.15) is 0 Å². The topological polar surface area (TPSA) is 0 Å². The molecular weight excluding hydrogens is 134 g/mol. The zero-order valence-electron chi connectivity index (χ0n) is 8.27. The van der Waals surface area contributed by atoms with Crippen LogP contribution in [0.5, 0.6) is 0 Å². The molecule has 3 aliphatic heterocycles. The molecule has 0 atom stereocenters. The molecule has 3 aliphatic rings. The molecule has 0 spiro atoms. The van der Waals surface area contributed by atoms with Crippen LogP contribution in [0.1, 0.15) is 33.1 Å². The third-order valence-corrected chi connectivity index (χ3v) is 3.23. The Morgan fingerprint density at radius 2 is 1.27 bits per heavy atom. The lowest BCUT2D eigenvalue weighted by molar-refractivity contribution is -0.924. The highest BCUT2D eigenvalue weighted by atomic mass is 15.3. The van der Waals surface area contributed by atoms with Crippen molar-refractivity contribution in [2.75, 3.05) is 26.7 Å². The van der Waals surface area contributed by atoms with Crippen molar-refractivity contribution in [1.29, 1.82) is 0 Å². The van der Waals surface area contributed by atoms with Crippen molar-refractivity contribution in [3.8, 4) is 0 Å². The van der Waals surface area contributed by atoms with Gasteiger partial charge in [-0.2, -0.15) is 0 Å². The van der Waals surface area contributed by atoms with E-state index in [9.17, 15) is 0 Å². The molecular formula is C10H22N+. The molecule has 1 nitrogen and oxygen atoms in total. The van der Waals surface area contributed by atoms with Crippen LogP contribution in [0, 0.1) is 5.92 Å². The first kappa shape index (κ1) is 9.05. The van der Waals surface area contributed by atoms with Crippen molar-refractivity contribution >= 4 is 0 Å². The monoisotopic (exact) mass is 156 g/mol. The van der Waals surface area contributed by atoms with Crippen LogP contribution in [-0.4, -0.2) is 31.2 Å². The van der Waals surface area contributed by atoms with E-state index in [1.807, 2.05) is 13.8 Å². The summed E-state index contributed by atoms with van der Waals surface area (Å²) in [6.45, 7) is 8.39. The molecule has 0 N–H and O–H groups in total. The van der Waals surface area contributed by atoms with Crippen molar-refractivity contribution in [1.82, 2.24) is 0 Å². The summed E-state index contributed by atoms with van der Waals surface area (Å²) in [5.41, 5.74) is 0. The highest BCUT2D eigenvalue weighted by molar-refractivity contribution is 4.69. The standard InChI is InChI=1S/C8H16N.C2H6/c1-9-5-2-8(3-6-9)4-7-9;1-2/h8H,2-7H2,1H3;1-2H3/q+1;. The Morgan fingerprint density at radius 1 is 0.909 bits per heavy atom. The Balaban J connectivity index is 0.000000281. The van der Waals surface area contributed by atoms with Gasteiger partial charge in [0, 0.05) is 0 Å². The van der Waals surface area contributed by atoms with E-state index < -0.39 is 0 Å². The Hall–Kier alpha value is -0.0400. The molecule has 0 aromatic heterocycles. The number of quaternary nitrogens is 1. The fraction of sp³-hybridized carbons (Fsp3) is 1.00. The van der Waals surface area contributed by atoms with Crippen molar-refractivity contribution in [2.24, 2.45) is 5.92 Å². The van der Waals surface area contributed by atoms with Crippen LogP contribution in [0.15, 0.2) is 0 Å². The van der Waals surface area contributed by atoms with E-state index in [0.717, 1.165) is 5.92 Å². The van der Waals surface area contributed by atoms with Crippen molar-refractivity contribution in [3.05, 3.63) is 0 Å². The molecule has 3 rings (SSSR count). The molecule has 0 saturated carbocycles. The summed E-state index contributed by atoms with van der Waals surface area (Å²) in [6.07, 6.45) is 4.53. The fourth-order valence-corrected chi connectivity index (χ4v) is 2.25. The molecule has 66 valence electrons. The summed E-state index contributed by atoms with van der Waals surface area (Å²) in [6, 6.07) is 0. The Kier molecular flexibility index (Phi) is 2.94. The van der Waals surface area contributed by atoms with E-state index in [1.165, 1.54) is 43.4 Å². The maximum Gasteiger partial charge on any atom is 0.0787 e. The predicted octanol–water partition coefficient (Wildman–Crippen LogP) is 2.27. The van der Waals surface area contributed by atoms with Gasteiger partial charge in [-0.25, -0.2) is 0 Å². The summed E-state index contributed by atoms with van der Waals surface area (Å²) in [5.74, 6) is 1.12. The molecule has 2 bridgehead atoms. The lowest BCUT2D eigenvalue weighted by Gasteiger charge is -2.46. The predicted molar refractivity (Wildman–Crippen MR) is 49.5 cm³/mol. The highest BCUT2D eigenvalue weighted by Gasteiger charge is 2.35. The maximum atomic E-state index is 2.41. The minimum atomic E-state index is 1.12. The average Bonchev–Trinajstić information content (AvgIpc) is 2.10. The number of hydrogen-bond acceptors (Lipinski definition) is 0. The molecule has 0 amide bonds. The van der Waals surface area contributed by atoms with Gasteiger partial charge in [-0.05, 0) is 25.2 Å². The molecule has 0 aromatic rings. The third-order valence-electron chi connectivity index (χ3n) is 3.23. The summed E-state index contributed by atoms with van der Waals surface area (Å²) in [4.78, 5) is 0. The van der Waals surface area contributed by atoms with Crippen LogP contribution in [0.2, 0.25) is 0 Å². The van der Waals surface area contributed by atoms with Gasteiger partial charge in [-0.15, -0.1) is 0 Å². The summed E-state index contributed by atoms with van der Waals surface area (Å²) < 4.78 is 1.39. The van der Waals surface area contributed by atoms with Crippen LogP contribution in [0.25, 0.3) is 0 Å². The molecule has 11 heavy (non-hydrogen) atoms. The molecule has 0 unspecified atom stereocenters. The van der Waals surface area contributed by atoms with Gasteiger partial charge in [0.2, 0.25) is 0 Å². The van der Waals surface area contributed by atoms with Crippen LogP contribution in [-0.2, 0) is 0 Å². The summed E-state index contributed by atoms with van der Waals surface area (Å²) in [7, 11) is 2.41. The van der Waals surface area contributed by atoms with Crippen LogP contribution >= 0.6 is 0 Å². The SMILES string of the molecule is CC.C[N+]12CCC(CC1)CC2. The second-order valence-corrected chi connectivity index (χ2v) is 4.02. The number of nitrogens with zero attached hydrogens (tertiary/aromatic N) is 1. The molecule has 0 radical (unpaired) electrons. The highest BCUT2D eigenvalue weighted by Crippen LogP contribution is 2.31. The largest absolute Gasteiger partial charge is 0.326 e. The molecule has 0 aromatic carbocycles. The quantitative estimate of drug-likeness (QED) is 0.472. The molecule has 3 fully saturated rings. The first-order valence-electron chi connectivity index (χ1n) is 5.12. The van der Waals surface area contributed by atoms with Gasteiger partial charge < -0.3 is 4.48 Å². The van der Waals surface area contributed by atoms with Crippen molar-refractivity contribution in [2.45, 2.75) is 33.1 Å². The fourth-order valence-electron chi connectivity index (χ4n) is 2.25. The minimum Gasteiger partial charge on any atom is -0.326 e. The van der Waals surface area contributed by atoms with Crippen LogP contribution in [0.3, 0.4) is 0 Å². The molecule has 3 saturated heterocycles. The Morgan fingerprint density at radius 3 is 1.45 bits per heavy atom. The first-order chi connectivity index (χ1) is 5.29. The van der Waals surface area contributed by atoms with Crippen LogP contribution < -0.4 is 0 Å². The molecule has 0 aliphatic carbocycles. The van der Waals surface area contributed by atoms with E-state index in [-0.39, 0.29) is 0 Å². The number of rotatable bonds is 0. The summed E-state index contributed by atoms with van der Waals surface area (Å²) >= 11 is 0. The molecule has 3 heterocycles. The van der Waals surface area contributed by atoms with E-state index in [1.54, 1.807) is 0 Å². The second kappa shape index (κ2) is 3.57. The van der Waals surface area contributed by atoms with E-state index in [4.69, 9.17) is 0 Å². The smallest absolute Gasteiger partial charge is 0.0787 e. The van der Waals surface area contributed by atoms with Gasteiger partial charge in [0.15, 0.2) is 0 Å². The minimum absolute atomic E-state index is 1.12. The zero-order valence-corrected chi connectivity index (χ0v) is 8.27. The third kappa shape index (κ3) is 1.96. The Labute approximate surface area is 71.0 Å². The van der Waals surface area contributed by atoms with Gasteiger partial charge in [-0.3, -0.25) is 0 Å². The maximum absolute atomic E-state index is 2.41. The van der Waals surface area contributed by atoms with E-state index in [2.05, 4.69) is 7.05 Å². The number of fused-ring (bicyclic) bond motifs is 3. The summed E-state index contributed by atoms with van der Waals surface area (Å²) in [5, 5.41) is 0. The van der Waals surface area contributed by atoms with Gasteiger partial charge in [-0.1, -0.05) is 13.8 Å². The second-order valence-electron chi connectivity index (χ2n) is 4.02.